The lowest BCUT2D eigenvalue weighted by molar-refractivity contribution is -0.135. The summed E-state index contributed by atoms with van der Waals surface area (Å²) in [6.45, 7) is 11.2. The predicted octanol–water partition coefficient (Wildman–Crippen LogP) is 6.59. The molecule has 0 unspecified atom stereocenters. The number of methoxy groups -OCH3 is 1. The number of fused-ring (bicyclic) bond motifs is 1. The molecule has 0 radical (unpaired) electrons. The van der Waals surface area contributed by atoms with Gasteiger partial charge < -0.3 is 14.0 Å². The summed E-state index contributed by atoms with van der Waals surface area (Å²) < 4.78 is 14.1. The molecule has 1 fully saturated rings. The molecule has 0 bridgehead atoms. The third-order valence-electron chi connectivity index (χ3n) is 7.60. The van der Waals surface area contributed by atoms with Crippen LogP contribution in [0.2, 0.25) is 0 Å². The first-order valence-corrected chi connectivity index (χ1v) is 13.3. The fraction of sp³-hybridized carbons (Fsp3) is 0.448. The number of rotatable bonds is 8. The third-order valence-corrected chi connectivity index (χ3v) is 8.13. The molecule has 0 aliphatic carbocycles. The molecule has 1 aliphatic heterocycles. The second kappa shape index (κ2) is 10.7. The van der Waals surface area contributed by atoms with Crippen molar-refractivity contribution < 1.29 is 19.1 Å². The summed E-state index contributed by atoms with van der Waals surface area (Å²) in [6.07, 6.45) is 0.190. The monoisotopic (exact) mass is 554 g/mol. The first-order chi connectivity index (χ1) is 17.1. The van der Waals surface area contributed by atoms with Gasteiger partial charge in [-0.15, -0.1) is 0 Å². The molecule has 0 spiro atoms. The molecular formula is C29H35BrN2O4. The standard InChI is InChI=1S/C29H35BrN2O4/c1-17(2)27-16-36-29(34)32(27)28(33)19(4)18(3)13-24-20(5)31(15-21-7-9-22(30)10-8-21)26-12-11-23(35-6)14-25(24)26/h7-12,14,17-19,27H,13,15-16H2,1-6H3/t18-,19-,27+/m1/s1. The van der Waals surface area contributed by atoms with Gasteiger partial charge in [0.15, 0.2) is 0 Å². The van der Waals surface area contributed by atoms with Gasteiger partial charge in [-0.2, -0.15) is 0 Å². The number of amides is 2. The van der Waals surface area contributed by atoms with Crippen molar-refractivity contribution in [1.82, 2.24) is 9.47 Å². The lowest BCUT2D eigenvalue weighted by Gasteiger charge is -2.28. The molecule has 6 nitrogen and oxygen atoms in total. The minimum Gasteiger partial charge on any atom is -0.497 e. The van der Waals surface area contributed by atoms with E-state index in [1.54, 1.807) is 7.11 Å². The van der Waals surface area contributed by atoms with Gasteiger partial charge in [-0.25, -0.2) is 9.69 Å². The minimum atomic E-state index is -0.523. The fourth-order valence-electron chi connectivity index (χ4n) is 5.03. The first kappa shape index (κ1) is 26.3. The van der Waals surface area contributed by atoms with E-state index < -0.39 is 6.09 Å². The van der Waals surface area contributed by atoms with Crippen LogP contribution in [0, 0.1) is 24.7 Å². The Balaban J connectivity index is 1.65. The Morgan fingerprint density at radius 1 is 1.14 bits per heavy atom. The molecule has 2 heterocycles. The Morgan fingerprint density at radius 3 is 2.47 bits per heavy atom. The van der Waals surface area contributed by atoms with E-state index >= 15 is 0 Å². The number of nitrogens with zero attached hydrogens (tertiary/aromatic N) is 2. The number of hydrogen-bond donors (Lipinski definition) is 0. The van der Waals surface area contributed by atoms with E-state index in [-0.39, 0.29) is 36.3 Å². The van der Waals surface area contributed by atoms with Gasteiger partial charge in [0.05, 0.1) is 13.2 Å². The summed E-state index contributed by atoms with van der Waals surface area (Å²) in [5.74, 6) is 0.495. The number of cyclic esters (lactones) is 1. The van der Waals surface area contributed by atoms with Crippen LogP contribution in [-0.4, -0.2) is 41.2 Å². The maximum absolute atomic E-state index is 13.4. The Hall–Kier alpha value is -2.80. The van der Waals surface area contributed by atoms with Gasteiger partial charge >= 0.3 is 6.09 Å². The van der Waals surface area contributed by atoms with E-state index in [0.29, 0.717) is 6.42 Å². The van der Waals surface area contributed by atoms with Crippen LogP contribution in [-0.2, 0) is 22.5 Å². The lowest BCUT2D eigenvalue weighted by Crippen LogP contribution is -2.45. The zero-order valence-corrected chi connectivity index (χ0v) is 23.5. The normalized spacial score (nSPS) is 17.5. The van der Waals surface area contributed by atoms with Crippen molar-refractivity contribution in [3.05, 3.63) is 63.8 Å². The molecule has 1 aliphatic rings. The number of imide groups is 1. The highest BCUT2D eigenvalue weighted by Crippen LogP contribution is 2.34. The minimum absolute atomic E-state index is 0.0235. The smallest absolute Gasteiger partial charge is 0.416 e. The van der Waals surface area contributed by atoms with E-state index in [9.17, 15) is 9.59 Å². The molecule has 1 saturated heterocycles. The molecule has 3 atom stereocenters. The van der Waals surface area contributed by atoms with Crippen LogP contribution in [0.15, 0.2) is 46.9 Å². The maximum atomic E-state index is 13.4. The van der Waals surface area contributed by atoms with Crippen LogP contribution in [0.1, 0.15) is 44.5 Å². The summed E-state index contributed by atoms with van der Waals surface area (Å²) in [5, 5.41) is 1.14. The third kappa shape index (κ3) is 5.03. The SMILES string of the molecule is COc1ccc2c(c1)c(C[C@@H](C)[C@@H](C)C(=O)N1C(=O)OC[C@H]1C(C)C)c(C)n2Cc1ccc(Br)cc1. The van der Waals surface area contributed by atoms with Crippen LogP contribution in [0.4, 0.5) is 4.79 Å². The van der Waals surface area contributed by atoms with E-state index in [0.717, 1.165) is 27.7 Å². The van der Waals surface area contributed by atoms with Crippen LogP contribution in [0.25, 0.3) is 10.9 Å². The average Bonchev–Trinajstić information content (AvgIpc) is 3.37. The van der Waals surface area contributed by atoms with E-state index in [1.165, 1.54) is 21.7 Å². The van der Waals surface area contributed by atoms with Gasteiger partial charge in [0.2, 0.25) is 5.91 Å². The van der Waals surface area contributed by atoms with Crippen molar-refractivity contribution in [1.29, 1.82) is 0 Å². The quantitative estimate of drug-likeness (QED) is 0.315. The molecule has 1 aromatic heterocycles. The number of ether oxygens (including phenoxy) is 2. The van der Waals surface area contributed by atoms with Crippen LogP contribution < -0.4 is 4.74 Å². The van der Waals surface area contributed by atoms with Crippen molar-refractivity contribution in [2.24, 2.45) is 17.8 Å². The topological polar surface area (TPSA) is 60.8 Å². The number of benzene rings is 2. The highest BCUT2D eigenvalue weighted by molar-refractivity contribution is 9.10. The Bertz CT molecular complexity index is 1260. The van der Waals surface area contributed by atoms with Crippen molar-refractivity contribution >= 4 is 38.8 Å². The second-order valence-corrected chi connectivity index (χ2v) is 11.1. The molecule has 3 aromatic rings. The number of carbonyl (C=O) groups is 2. The van der Waals surface area contributed by atoms with Gasteiger partial charge in [0, 0.05) is 33.5 Å². The van der Waals surface area contributed by atoms with Crippen LogP contribution in [0.3, 0.4) is 0 Å². The predicted molar refractivity (Wildman–Crippen MR) is 145 cm³/mol. The maximum Gasteiger partial charge on any atom is 0.416 e. The van der Waals surface area contributed by atoms with E-state index in [4.69, 9.17) is 9.47 Å². The van der Waals surface area contributed by atoms with Crippen molar-refractivity contribution in [3.8, 4) is 5.75 Å². The number of hydrogen-bond acceptors (Lipinski definition) is 4. The molecule has 7 heteroatoms. The van der Waals surface area contributed by atoms with Gasteiger partial charge in [-0.05, 0) is 66.6 Å². The zero-order valence-electron chi connectivity index (χ0n) is 21.9. The summed E-state index contributed by atoms with van der Waals surface area (Å²) in [7, 11) is 1.68. The van der Waals surface area contributed by atoms with Crippen molar-refractivity contribution in [2.45, 2.75) is 53.6 Å². The molecule has 0 saturated carbocycles. The molecular weight excluding hydrogens is 520 g/mol. The molecule has 0 N–H and O–H groups in total. The lowest BCUT2D eigenvalue weighted by atomic mass is 9.87. The van der Waals surface area contributed by atoms with E-state index in [2.05, 4.69) is 70.7 Å². The van der Waals surface area contributed by atoms with Gasteiger partial charge in [-0.1, -0.05) is 55.8 Å². The molecule has 192 valence electrons. The number of aromatic nitrogens is 1. The first-order valence-electron chi connectivity index (χ1n) is 12.5. The van der Waals surface area contributed by atoms with Gasteiger partial charge in [0.1, 0.15) is 12.4 Å². The average molecular weight is 556 g/mol. The summed E-state index contributed by atoms with van der Waals surface area (Å²) in [6, 6.07) is 14.3. The summed E-state index contributed by atoms with van der Waals surface area (Å²) in [4.78, 5) is 27.1. The Morgan fingerprint density at radius 2 is 1.83 bits per heavy atom. The van der Waals surface area contributed by atoms with Crippen molar-refractivity contribution in [2.75, 3.05) is 13.7 Å². The van der Waals surface area contributed by atoms with Gasteiger partial charge in [-0.3, -0.25) is 4.79 Å². The highest BCUT2D eigenvalue weighted by atomic mass is 79.9. The largest absolute Gasteiger partial charge is 0.497 e. The van der Waals surface area contributed by atoms with Gasteiger partial charge in [0.25, 0.3) is 0 Å². The summed E-state index contributed by atoms with van der Waals surface area (Å²) in [5.41, 5.74) is 4.73. The number of carbonyl (C=O) groups excluding carboxylic acids is 2. The van der Waals surface area contributed by atoms with Crippen molar-refractivity contribution in [3.63, 3.8) is 0 Å². The molecule has 2 amide bonds. The van der Waals surface area contributed by atoms with E-state index in [1.807, 2.05) is 26.8 Å². The summed E-state index contributed by atoms with van der Waals surface area (Å²) >= 11 is 3.52. The Kier molecular flexibility index (Phi) is 7.79. The van der Waals surface area contributed by atoms with Crippen LogP contribution in [0.5, 0.6) is 5.75 Å². The molecule has 36 heavy (non-hydrogen) atoms. The number of halogens is 1. The van der Waals surface area contributed by atoms with Crippen LogP contribution >= 0.6 is 15.9 Å². The second-order valence-electron chi connectivity index (χ2n) is 10.2. The highest BCUT2D eigenvalue weighted by Gasteiger charge is 2.42. The fourth-order valence-corrected chi connectivity index (χ4v) is 5.30. The molecule has 2 aromatic carbocycles. The molecule has 4 rings (SSSR count). The zero-order chi connectivity index (χ0) is 26.1. The Labute approximate surface area is 221 Å².